The van der Waals surface area contributed by atoms with Crippen LogP contribution in [0.15, 0.2) is 51.9 Å². The van der Waals surface area contributed by atoms with E-state index in [1.54, 1.807) is 19.2 Å². The first-order valence-corrected chi connectivity index (χ1v) is 13.4. The fourth-order valence-corrected chi connectivity index (χ4v) is 7.19. The molecule has 2 spiro atoms. The highest BCUT2D eigenvalue weighted by atomic mass is 32.2. The summed E-state index contributed by atoms with van der Waals surface area (Å²) in [4.78, 5) is 15.4. The fourth-order valence-electron chi connectivity index (χ4n) is 6.20. The molecule has 1 N–H and O–H groups in total. The predicted octanol–water partition coefficient (Wildman–Crippen LogP) is 4.98. The average Bonchev–Trinajstić information content (AvgIpc) is 3.36. The van der Waals surface area contributed by atoms with Crippen molar-refractivity contribution in [2.75, 3.05) is 23.3 Å². The minimum atomic E-state index is -1.55. The van der Waals surface area contributed by atoms with E-state index in [4.69, 9.17) is 9.26 Å². The van der Waals surface area contributed by atoms with E-state index in [0.717, 1.165) is 55.5 Å². The van der Waals surface area contributed by atoms with Crippen molar-refractivity contribution in [3.63, 3.8) is 0 Å². The van der Waals surface area contributed by atoms with E-state index in [-0.39, 0.29) is 16.7 Å². The number of hydrogen-bond acceptors (Lipinski definition) is 5. The number of ether oxygens (including phenoxy) is 1. The Morgan fingerprint density at radius 1 is 1.11 bits per heavy atom. The lowest BCUT2D eigenvalue weighted by Gasteiger charge is -2.37. The number of aromatic nitrogens is 1. The van der Waals surface area contributed by atoms with E-state index in [0.29, 0.717) is 28.6 Å². The molecule has 1 aliphatic heterocycles. The summed E-state index contributed by atoms with van der Waals surface area (Å²) in [6.07, 6.45) is 7.18. The lowest BCUT2D eigenvalue weighted by atomic mass is 9.68. The van der Waals surface area contributed by atoms with E-state index < -0.39 is 11.0 Å². The molecule has 180 valence electrons. The van der Waals surface area contributed by atoms with Crippen LogP contribution in [-0.4, -0.2) is 28.9 Å². The third kappa shape index (κ3) is 3.19. The molecule has 1 saturated heterocycles. The van der Waals surface area contributed by atoms with E-state index >= 15 is 0 Å². The van der Waals surface area contributed by atoms with Crippen LogP contribution in [-0.2, 0) is 27.6 Å². The molecule has 3 fully saturated rings. The van der Waals surface area contributed by atoms with Crippen molar-refractivity contribution < 1.29 is 18.3 Å². The van der Waals surface area contributed by atoms with Gasteiger partial charge in [0.05, 0.1) is 7.11 Å². The number of para-hydroxylation sites is 1. The molecule has 3 aliphatic carbocycles. The van der Waals surface area contributed by atoms with Gasteiger partial charge < -0.3 is 14.2 Å². The quantitative estimate of drug-likeness (QED) is 0.546. The zero-order chi connectivity index (χ0) is 23.8. The summed E-state index contributed by atoms with van der Waals surface area (Å²) in [5.41, 5.74) is 4.42. The number of carbonyl (C=O) groups is 1. The van der Waals surface area contributed by atoms with Gasteiger partial charge in [0.2, 0.25) is 5.91 Å². The zero-order valence-corrected chi connectivity index (χ0v) is 20.5. The number of rotatable bonds is 5. The number of amides is 1. The molecular formula is C27H27N3O4S. The van der Waals surface area contributed by atoms with Crippen LogP contribution in [0.2, 0.25) is 0 Å². The van der Waals surface area contributed by atoms with Crippen LogP contribution in [0.4, 0.5) is 11.5 Å². The first kappa shape index (κ1) is 21.2. The lowest BCUT2D eigenvalue weighted by Crippen LogP contribution is -2.33. The van der Waals surface area contributed by atoms with Crippen LogP contribution in [0.3, 0.4) is 0 Å². The highest BCUT2D eigenvalue weighted by Crippen LogP contribution is 2.59. The Balaban J connectivity index is 1.24. The molecule has 1 aromatic heterocycles. The van der Waals surface area contributed by atoms with Gasteiger partial charge in [-0.25, -0.2) is 4.21 Å². The summed E-state index contributed by atoms with van der Waals surface area (Å²) >= 11 is 0. The van der Waals surface area contributed by atoms with Crippen molar-refractivity contribution >= 4 is 28.4 Å². The van der Waals surface area contributed by atoms with Crippen molar-refractivity contribution in [3.05, 3.63) is 53.6 Å². The summed E-state index contributed by atoms with van der Waals surface area (Å²) < 4.78 is 27.5. The van der Waals surface area contributed by atoms with E-state index in [1.165, 1.54) is 12.0 Å². The van der Waals surface area contributed by atoms with Crippen molar-refractivity contribution in [3.8, 4) is 17.1 Å². The number of methoxy groups -OCH3 is 1. The standard InChI is InChI=1S/C27H27N3O4S/c1-33-21-5-2-3-6-22(21)35(32)29-25-19-14-27(11-12-27)20-8-7-17(13-18(20)24(19)34-28-25)30-16-26(9-4-10-26)15-23(30)31/h2-3,5-8,13H,4,9-12,14-16H2,1H3,(H,28,29). The Morgan fingerprint density at radius 2 is 1.94 bits per heavy atom. The van der Waals surface area contributed by atoms with Crippen LogP contribution < -0.4 is 14.4 Å². The molecule has 2 heterocycles. The van der Waals surface area contributed by atoms with E-state index in [1.807, 2.05) is 17.0 Å². The molecule has 35 heavy (non-hydrogen) atoms. The van der Waals surface area contributed by atoms with Gasteiger partial charge in [-0.15, -0.1) is 0 Å². The summed E-state index contributed by atoms with van der Waals surface area (Å²) in [7, 11) is 0.0174. The van der Waals surface area contributed by atoms with Gasteiger partial charge in [0, 0.05) is 35.2 Å². The minimum Gasteiger partial charge on any atom is -0.495 e. The number of benzene rings is 2. The van der Waals surface area contributed by atoms with Gasteiger partial charge >= 0.3 is 0 Å². The number of hydrogen-bond donors (Lipinski definition) is 1. The summed E-state index contributed by atoms with van der Waals surface area (Å²) in [6.45, 7) is 0.809. The Morgan fingerprint density at radius 3 is 2.66 bits per heavy atom. The van der Waals surface area contributed by atoms with Gasteiger partial charge in [0.25, 0.3) is 0 Å². The van der Waals surface area contributed by atoms with Crippen molar-refractivity contribution in [2.24, 2.45) is 5.41 Å². The van der Waals surface area contributed by atoms with Gasteiger partial charge in [0.15, 0.2) is 22.6 Å². The Labute approximate surface area is 206 Å². The minimum absolute atomic E-state index is 0.0684. The maximum atomic E-state index is 13.2. The molecule has 2 saturated carbocycles. The van der Waals surface area contributed by atoms with Gasteiger partial charge in [-0.1, -0.05) is 29.8 Å². The first-order chi connectivity index (χ1) is 17.0. The van der Waals surface area contributed by atoms with Gasteiger partial charge in [-0.2, -0.15) is 0 Å². The lowest BCUT2D eigenvalue weighted by molar-refractivity contribution is -0.118. The van der Waals surface area contributed by atoms with Crippen LogP contribution in [0.5, 0.6) is 5.75 Å². The molecule has 0 radical (unpaired) electrons. The first-order valence-electron chi connectivity index (χ1n) is 12.3. The molecule has 1 atom stereocenters. The third-order valence-corrected chi connectivity index (χ3v) is 9.60. The molecule has 8 heteroatoms. The maximum Gasteiger partial charge on any atom is 0.227 e. The Hall–Kier alpha value is -3.13. The fraction of sp³-hybridized carbons (Fsp3) is 0.407. The molecular weight excluding hydrogens is 462 g/mol. The molecule has 2 aromatic carbocycles. The molecule has 3 aromatic rings. The SMILES string of the molecule is COc1ccccc1S(=O)Nc1noc2c1CC1(CC1)c1ccc(N3CC4(CCC4)CC3=O)cc1-2. The number of nitrogens with zero attached hydrogens (tertiary/aromatic N) is 2. The van der Waals surface area contributed by atoms with Gasteiger partial charge in [-0.3, -0.25) is 9.52 Å². The van der Waals surface area contributed by atoms with E-state index in [2.05, 4.69) is 28.1 Å². The highest BCUT2D eigenvalue weighted by Gasteiger charge is 2.51. The summed E-state index contributed by atoms with van der Waals surface area (Å²) in [5.74, 6) is 2.00. The highest BCUT2D eigenvalue weighted by molar-refractivity contribution is 7.86. The maximum absolute atomic E-state index is 13.2. The van der Waals surface area contributed by atoms with Crippen LogP contribution in [0, 0.1) is 5.41 Å². The van der Waals surface area contributed by atoms with Crippen LogP contribution >= 0.6 is 0 Å². The molecule has 7 nitrogen and oxygen atoms in total. The Kier molecular flexibility index (Phi) is 4.50. The van der Waals surface area contributed by atoms with Gasteiger partial charge in [-0.05, 0) is 67.3 Å². The predicted molar refractivity (Wildman–Crippen MR) is 133 cm³/mol. The Bertz CT molecular complexity index is 1390. The normalized spacial score (nSPS) is 21.4. The largest absolute Gasteiger partial charge is 0.495 e. The van der Waals surface area contributed by atoms with Crippen molar-refractivity contribution in [1.29, 1.82) is 0 Å². The smallest absolute Gasteiger partial charge is 0.227 e. The summed E-state index contributed by atoms with van der Waals surface area (Å²) in [5, 5.41) is 4.30. The number of nitrogens with one attached hydrogen (secondary N) is 1. The molecule has 0 bridgehead atoms. The van der Waals surface area contributed by atoms with Crippen molar-refractivity contribution in [1.82, 2.24) is 5.16 Å². The zero-order valence-electron chi connectivity index (χ0n) is 19.6. The molecule has 1 amide bonds. The van der Waals surface area contributed by atoms with Crippen LogP contribution in [0.25, 0.3) is 11.3 Å². The molecule has 7 rings (SSSR count). The topological polar surface area (TPSA) is 84.7 Å². The monoisotopic (exact) mass is 489 g/mol. The molecule has 4 aliphatic rings. The average molecular weight is 490 g/mol. The number of carbonyl (C=O) groups excluding carboxylic acids is 1. The van der Waals surface area contributed by atoms with E-state index in [9.17, 15) is 9.00 Å². The summed E-state index contributed by atoms with van der Waals surface area (Å²) in [6, 6.07) is 13.6. The third-order valence-electron chi connectivity index (χ3n) is 8.48. The number of anilines is 2. The number of fused-ring (bicyclic) bond motifs is 4. The van der Waals surface area contributed by atoms with Gasteiger partial charge in [0.1, 0.15) is 10.6 Å². The second-order valence-electron chi connectivity index (χ2n) is 10.6. The molecule has 1 unspecified atom stereocenters. The van der Waals surface area contributed by atoms with Crippen LogP contribution in [0.1, 0.15) is 49.7 Å². The second-order valence-corrected chi connectivity index (χ2v) is 11.7. The van der Waals surface area contributed by atoms with Crippen molar-refractivity contribution in [2.45, 2.75) is 55.3 Å². The second kappa shape index (κ2) is 7.43.